The molecule has 1 aliphatic heterocycles. The van der Waals surface area contributed by atoms with Crippen molar-refractivity contribution in [1.29, 1.82) is 0 Å². The number of ether oxygens (including phenoxy) is 2. The first-order valence-corrected chi connectivity index (χ1v) is 9.19. The van der Waals surface area contributed by atoms with Crippen molar-refractivity contribution < 1.29 is 18.8 Å². The van der Waals surface area contributed by atoms with Crippen molar-refractivity contribution in [3.63, 3.8) is 0 Å². The number of benzene rings is 2. The normalized spacial score (nSPS) is 14.1. The van der Waals surface area contributed by atoms with Crippen LogP contribution in [0.2, 0.25) is 0 Å². The van der Waals surface area contributed by atoms with Crippen LogP contribution in [0.4, 0.5) is 0 Å². The molecule has 2 aromatic carbocycles. The Morgan fingerprint density at radius 3 is 2.79 bits per heavy atom. The van der Waals surface area contributed by atoms with Crippen LogP contribution < -0.4 is 4.74 Å². The first-order valence-electron chi connectivity index (χ1n) is 9.19. The number of amides is 1. The second kappa shape index (κ2) is 8.22. The maximum atomic E-state index is 12.3. The third kappa shape index (κ3) is 4.04. The molecule has 0 spiro atoms. The summed E-state index contributed by atoms with van der Waals surface area (Å²) in [4.78, 5) is 18.6. The van der Waals surface area contributed by atoms with Gasteiger partial charge in [-0.2, -0.15) is 4.98 Å². The highest BCUT2D eigenvalue weighted by Gasteiger charge is 2.19. The summed E-state index contributed by atoms with van der Waals surface area (Å²) >= 11 is 0. The van der Waals surface area contributed by atoms with Crippen molar-refractivity contribution in [3.8, 4) is 28.6 Å². The molecule has 0 bridgehead atoms. The molecule has 2 heterocycles. The van der Waals surface area contributed by atoms with E-state index in [-0.39, 0.29) is 12.5 Å². The molecular weight excluding hydrogens is 358 g/mol. The number of para-hydroxylation sites is 1. The summed E-state index contributed by atoms with van der Waals surface area (Å²) in [5, 5.41) is 4.09. The maximum Gasteiger partial charge on any atom is 0.260 e. The largest absolute Gasteiger partial charge is 0.483 e. The Balaban J connectivity index is 1.51. The fourth-order valence-electron chi connectivity index (χ4n) is 3.05. The van der Waals surface area contributed by atoms with Gasteiger partial charge in [0.1, 0.15) is 5.75 Å². The molecule has 0 N–H and O–H groups in total. The number of aromatic nitrogens is 2. The van der Waals surface area contributed by atoms with Crippen LogP contribution in [0.25, 0.3) is 22.8 Å². The van der Waals surface area contributed by atoms with Gasteiger partial charge in [0.05, 0.1) is 18.8 Å². The van der Waals surface area contributed by atoms with Gasteiger partial charge < -0.3 is 18.9 Å². The van der Waals surface area contributed by atoms with Crippen LogP contribution in [0.3, 0.4) is 0 Å². The number of morpholine rings is 1. The van der Waals surface area contributed by atoms with Gasteiger partial charge in [-0.15, -0.1) is 0 Å². The van der Waals surface area contributed by atoms with E-state index in [1.807, 2.05) is 49.4 Å². The Kier molecular flexibility index (Phi) is 5.34. The van der Waals surface area contributed by atoms with E-state index in [9.17, 15) is 4.79 Å². The molecule has 0 saturated carbocycles. The zero-order valence-corrected chi connectivity index (χ0v) is 15.6. The number of nitrogens with zero attached hydrogens (tertiary/aromatic N) is 3. The monoisotopic (exact) mass is 379 g/mol. The molecule has 7 heteroatoms. The molecule has 0 aliphatic carbocycles. The molecule has 0 atom stereocenters. The number of carbonyl (C=O) groups is 1. The van der Waals surface area contributed by atoms with Crippen molar-refractivity contribution in [3.05, 3.63) is 54.1 Å². The summed E-state index contributed by atoms with van der Waals surface area (Å²) in [6.07, 6.45) is 0. The molecule has 28 heavy (non-hydrogen) atoms. The molecular formula is C21H21N3O4. The van der Waals surface area contributed by atoms with E-state index in [2.05, 4.69) is 10.1 Å². The molecule has 7 nitrogen and oxygen atoms in total. The predicted molar refractivity (Wildman–Crippen MR) is 103 cm³/mol. The minimum atomic E-state index is -0.0633. The fraction of sp³-hybridized carbons (Fsp3) is 0.286. The number of rotatable bonds is 5. The maximum absolute atomic E-state index is 12.3. The van der Waals surface area contributed by atoms with Gasteiger partial charge >= 0.3 is 0 Å². The van der Waals surface area contributed by atoms with E-state index in [1.165, 1.54) is 0 Å². The average Bonchev–Trinajstić information content (AvgIpc) is 3.23. The summed E-state index contributed by atoms with van der Waals surface area (Å²) in [5.74, 6) is 1.34. The molecule has 1 aromatic heterocycles. The Morgan fingerprint density at radius 2 is 1.96 bits per heavy atom. The van der Waals surface area contributed by atoms with Crippen LogP contribution in [-0.2, 0) is 9.53 Å². The third-order valence-corrected chi connectivity index (χ3v) is 4.53. The van der Waals surface area contributed by atoms with Gasteiger partial charge in [-0.1, -0.05) is 35.0 Å². The lowest BCUT2D eigenvalue weighted by atomic mass is 10.1. The third-order valence-electron chi connectivity index (χ3n) is 4.53. The van der Waals surface area contributed by atoms with Crippen molar-refractivity contribution in [2.45, 2.75) is 6.92 Å². The Morgan fingerprint density at radius 1 is 1.14 bits per heavy atom. The first kappa shape index (κ1) is 18.2. The van der Waals surface area contributed by atoms with Gasteiger partial charge in [-0.25, -0.2) is 0 Å². The van der Waals surface area contributed by atoms with Crippen LogP contribution in [0.1, 0.15) is 5.56 Å². The first-order chi connectivity index (χ1) is 13.7. The molecule has 0 radical (unpaired) electrons. The SMILES string of the molecule is Cc1cccc(-c2nc(-c3ccccc3OCC(=O)N3CCOCC3)no2)c1. The minimum absolute atomic E-state index is 0.0421. The van der Waals surface area contributed by atoms with Crippen LogP contribution in [0, 0.1) is 6.92 Å². The lowest BCUT2D eigenvalue weighted by Crippen LogP contribution is -2.43. The summed E-state index contributed by atoms with van der Waals surface area (Å²) < 4.78 is 16.5. The van der Waals surface area contributed by atoms with Gasteiger partial charge in [0.2, 0.25) is 5.82 Å². The number of aryl methyl sites for hydroxylation is 1. The summed E-state index contributed by atoms with van der Waals surface area (Å²) in [6, 6.07) is 15.2. The van der Waals surface area contributed by atoms with Crippen LogP contribution in [0.15, 0.2) is 53.1 Å². The Hall–Kier alpha value is -3.19. The Bertz CT molecular complexity index is 964. The van der Waals surface area contributed by atoms with E-state index in [1.54, 1.807) is 11.0 Å². The molecule has 144 valence electrons. The highest BCUT2D eigenvalue weighted by atomic mass is 16.5. The number of carbonyl (C=O) groups excluding carboxylic acids is 1. The zero-order chi connectivity index (χ0) is 19.3. The summed E-state index contributed by atoms with van der Waals surface area (Å²) in [7, 11) is 0. The van der Waals surface area contributed by atoms with Crippen molar-refractivity contribution >= 4 is 5.91 Å². The molecule has 1 fully saturated rings. The standard InChI is InChI=1S/C21H21N3O4/c1-15-5-4-6-16(13-15)21-22-20(23-28-21)17-7-2-3-8-18(17)27-14-19(25)24-9-11-26-12-10-24/h2-8,13H,9-12,14H2,1H3. The predicted octanol–water partition coefficient (Wildman–Crippen LogP) is 2.95. The molecule has 0 unspecified atom stereocenters. The fourth-order valence-corrected chi connectivity index (χ4v) is 3.05. The topological polar surface area (TPSA) is 77.7 Å². The van der Waals surface area contributed by atoms with Gasteiger partial charge in [-0.3, -0.25) is 4.79 Å². The van der Waals surface area contributed by atoms with E-state index in [0.717, 1.165) is 11.1 Å². The van der Waals surface area contributed by atoms with Crippen molar-refractivity contribution in [2.24, 2.45) is 0 Å². The molecule has 1 saturated heterocycles. The summed E-state index contributed by atoms with van der Waals surface area (Å²) in [6.45, 7) is 4.28. The highest BCUT2D eigenvalue weighted by Crippen LogP contribution is 2.29. The molecule has 1 aliphatic rings. The Labute approximate surface area is 162 Å². The van der Waals surface area contributed by atoms with Crippen molar-refractivity contribution in [1.82, 2.24) is 15.0 Å². The van der Waals surface area contributed by atoms with E-state index in [4.69, 9.17) is 14.0 Å². The summed E-state index contributed by atoms with van der Waals surface area (Å²) in [5.41, 5.74) is 2.65. The second-order valence-corrected chi connectivity index (χ2v) is 6.57. The minimum Gasteiger partial charge on any atom is -0.483 e. The lowest BCUT2D eigenvalue weighted by Gasteiger charge is -2.26. The molecule has 4 rings (SSSR count). The zero-order valence-electron chi connectivity index (χ0n) is 15.6. The average molecular weight is 379 g/mol. The lowest BCUT2D eigenvalue weighted by molar-refractivity contribution is -0.137. The number of hydrogen-bond donors (Lipinski definition) is 0. The van der Waals surface area contributed by atoms with Crippen LogP contribution in [0.5, 0.6) is 5.75 Å². The van der Waals surface area contributed by atoms with Gasteiger partial charge in [0.15, 0.2) is 6.61 Å². The van der Waals surface area contributed by atoms with Crippen LogP contribution >= 0.6 is 0 Å². The quantitative estimate of drug-likeness (QED) is 0.678. The van der Waals surface area contributed by atoms with Crippen LogP contribution in [-0.4, -0.2) is 53.9 Å². The smallest absolute Gasteiger partial charge is 0.260 e. The number of hydrogen-bond acceptors (Lipinski definition) is 6. The molecule has 3 aromatic rings. The highest BCUT2D eigenvalue weighted by molar-refractivity contribution is 5.78. The molecule has 1 amide bonds. The van der Waals surface area contributed by atoms with Gasteiger partial charge in [0, 0.05) is 18.7 Å². The van der Waals surface area contributed by atoms with E-state index >= 15 is 0 Å². The van der Waals surface area contributed by atoms with E-state index < -0.39 is 0 Å². The van der Waals surface area contributed by atoms with E-state index in [0.29, 0.717) is 49.3 Å². The van der Waals surface area contributed by atoms with Crippen molar-refractivity contribution in [2.75, 3.05) is 32.9 Å². The van der Waals surface area contributed by atoms with Gasteiger partial charge in [0.25, 0.3) is 11.8 Å². The second-order valence-electron chi connectivity index (χ2n) is 6.57. The van der Waals surface area contributed by atoms with Gasteiger partial charge in [-0.05, 0) is 31.2 Å².